The van der Waals surface area contributed by atoms with E-state index >= 15 is 0 Å². The number of phenolic OH excluding ortho intramolecular Hbond substituents is 2. The van der Waals surface area contributed by atoms with E-state index in [9.17, 15) is 34.8 Å². The van der Waals surface area contributed by atoms with E-state index in [1.165, 1.54) is 6.07 Å². The normalized spacial score (nSPS) is 30.3. The number of ketones is 2. The quantitative estimate of drug-likeness (QED) is 0.326. The number of hydrogen-bond donors (Lipinski definition) is 6. The maximum Gasteiger partial charge on any atom is 0.230 e. The molecule has 4 unspecified atom stereocenters. The first-order valence-electron chi connectivity index (χ1n) is 12.2. The molecule has 10 nitrogen and oxygen atoms in total. The van der Waals surface area contributed by atoms with Crippen molar-refractivity contribution >= 4 is 33.9 Å². The number of anilines is 1. The lowest BCUT2D eigenvalue weighted by Crippen LogP contribution is -2.74. The lowest BCUT2D eigenvalue weighted by atomic mass is 9.57. The Labute approximate surface area is 207 Å². The number of nitrogens with two attached hydrogens (primary N) is 1. The minimum atomic E-state index is -2.54. The highest BCUT2D eigenvalue weighted by molar-refractivity contribution is 6.16. The number of carbonyl (C=O) groups excluding carboxylic acids is 3. The van der Waals surface area contributed by atoms with Crippen LogP contribution >= 0.6 is 0 Å². The Bertz CT molecular complexity index is 1290. The first-order valence-corrected chi connectivity index (χ1v) is 12.2. The van der Waals surface area contributed by atoms with Gasteiger partial charge in [-0.15, -0.1) is 0 Å². The van der Waals surface area contributed by atoms with Crippen molar-refractivity contribution in [2.45, 2.75) is 55.9 Å². The van der Waals surface area contributed by atoms with Crippen LogP contribution in [0.3, 0.4) is 0 Å². The zero-order valence-corrected chi connectivity index (χ0v) is 20.2. The Morgan fingerprint density at radius 1 is 1.17 bits per heavy atom. The number of benzene rings is 2. The summed E-state index contributed by atoms with van der Waals surface area (Å²) in [5.41, 5.74) is 3.72. The van der Waals surface area contributed by atoms with Crippen molar-refractivity contribution in [3.05, 3.63) is 29.3 Å². The second-order valence-electron chi connectivity index (χ2n) is 10.5. The van der Waals surface area contributed by atoms with Crippen molar-refractivity contribution in [3.8, 4) is 11.5 Å². The molecule has 2 aromatic rings. The molecule has 0 radical (unpaired) electrons. The Morgan fingerprint density at radius 3 is 2.44 bits per heavy atom. The van der Waals surface area contributed by atoms with E-state index in [-0.39, 0.29) is 29.2 Å². The van der Waals surface area contributed by atoms with Gasteiger partial charge in [0.15, 0.2) is 11.4 Å². The Balaban J connectivity index is 1.72. The lowest BCUT2D eigenvalue weighted by Gasteiger charge is -2.51. The fourth-order valence-corrected chi connectivity index (χ4v) is 6.45. The summed E-state index contributed by atoms with van der Waals surface area (Å²) in [6.45, 7) is 0. The maximum absolute atomic E-state index is 13.9. The summed E-state index contributed by atoms with van der Waals surface area (Å²) in [6, 6.07) is 3.62. The van der Waals surface area contributed by atoms with Gasteiger partial charge in [0.1, 0.15) is 23.5 Å². The molecule has 1 amide bonds. The number of aliphatic hydroxyl groups is 2. The SMILES string of the molecule is CN(C)c1ccc(O)c2c(O)c3c(cc12)CC1[C@@H](NC2CCCC2)C(=O)C(C(N)=O)C(O)C1(O)C3=O. The Kier molecular flexibility index (Phi) is 5.73. The van der Waals surface area contributed by atoms with E-state index in [4.69, 9.17) is 5.73 Å². The van der Waals surface area contributed by atoms with Crippen molar-refractivity contribution in [1.29, 1.82) is 0 Å². The van der Waals surface area contributed by atoms with Crippen LogP contribution in [0.2, 0.25) is 0 Å². The maximum atomic E-state index is 13.9. The van der Waals surface area contributed by atoms with Crippen molar-refractivity contribution in [2.24, 2.45) is 17.6 Å². The molecule has 0 spiro atoms. The standard InChI is InChI=1S/C26H31N3O7/c1-29(2)15-7-8-16(30)18-13(15)9-11-10-14-20(28-12-5-3-4-6-12)22(32)19(25(27)35)24(34)26(14,36)23(33)17(11)21(18)31/h7-9,12,14,19-20,24,28,30-31,34,36H,3-6,10H2,1-2H3,(H2,27,35)/t14?,19?,20-,24?,26?/m1/s1. The Morgan fingerprint density at radius 2 is 1.83 bits per heavy atom. The number of nitrogens with one attached hydrogen (secondary N) is 1. The molecule has 0 aliphatic heterocycles. The predicted molar refractivity (Wildman–Crippen MR) is 131 cm³/mol. The molecule has 5 atom stereocenters. The molecule has 10 heteroatoms. The highest BCUT2D eigenvalue weighted by Gasteiger charge is 2.65. The average Bonchev–Trinajstić information content (AvgIpc) is 3.32. The van der Waals surface area contributed by atoms with Gasteiger partial charge in [-0.1, -0.05) is 12.8 Å². The Hall–Kier alpha value is -3.21. The number of amides is 1. The summed E-state index contributed by atoms with van der Waals surface area (Å²) in [6.07, 6.45) is 1.44. The largest absolute Gasteiger partial charge is 0.507 e. The van der Waals surface area contributed by atoms with Crippen LogP contribution in [0.1, 0.15) is 41.6 Å². The van der Waals surface area contributed by atoms with Crippen LogP contribution in [-0.4, -0.2) is 75.8 Å². The smallest absolute Gasteiger partial charge is 0.230 e. The second kappa shape index (κ2) is 8.43. The fraction of sp³-hybridized carbons (Fsp3) is 0.500. The molecule has 0 aromatic heterocycles. The molecule has 2 saturated carbocycles. The lowest BCUT2D eigenvalue weighted by molar-refractivity contribution is -0.169. The number of Topliss-reactive ketones (excluding diaryl/α,β-unsaturated/α-hetero) is 2. The third-order valence-corrected chi connectivity index (χ3v) is 8.25. The summed E-state index contributed by atoms with van der Waals surface area (Å²) >= 11 is 0. The van der Waals surface area contributed by atoms with Gasteiger partial charge >= 0.3 is 0 Å². The fourth-order valence-electron chi connectivity index (χ4n) is 6.45. The summed E-state index contributed by atoms with van der Waals surface area (Å²) in [7, 11) is 3.60. The zero-order valence-electron chi connectivity index (χ0n) is 20.2. The third kappa shape index (κ3) is 3.31. The number of fused-ring (bicyclic) bond motifs is 3. The molecule has 2 aromatic carbocycles. The molecule has 0 bridgehead atoms. The summed E-state index contributed by atoms with van der Waals surface area (Å²) in [5.74, 6) is -6.45. The number of hydrogen-bond acceptors (Lipinski definition) is 9. The van der Waals surface area contributed by atoms with Crippen molar-refractivity contribution in [2.75, 3.05) is 19.0 Å². The third-order valence-electron chi connectivity index (χ3n) is 8.25. The molecule has 0 heterocycles. The predicted octanol–water partition coefficient (Wildman–Crippen LogP) is 0.349. The summed E-state index contributed by atoms with van der Waals surface area (Å²) in [5, 5.41) is 48.3. The summed E-state index contributed by atoms with van der Waals surface area (Å²) < 4.78 is 0. The number of nitrogens with zero attached hydrogens (tertiary/aromatic N) is 1. The molecule has 3 aliphatic rings. The van der Waals surface area contributed by atoms with E-state index in [2.05, 4.69) is 5.32 Å². The molecular formula is C26H31N3O7. The van der Waals surface area contributed by atoms with Gasteiger partial charge in [-0.3, -0.25) is 14.4 Å². The molecule has 0 saturated heterocycles. The van der Waals surface area contributed by atoms with Gasteiger partial charge in [0, 0.05) is 37.1 Å². The van der Waals surface area contributed by atoms with Gasteiger partial charge in [0.25, 0.3) is 0 Å². The minimum absolute atomic E-state index is 0.0255. The van der Waals surface area contributed by atoms with E-state index in [1.807, 2.05) is 0 Å². The van der Waals surface area contributed by atoms with Gasteiger partial charge in [-0.2, -0.15) is 0 Å². The van der Waals surface area contributed by atoms with Crippen LogP contribution in [0.15, 0.2) is 18.2 Å². The number of primary amides is 1. The molecule has 3 aliphatic carbocycles. The molecule has 5 rings (SSSR count). The van der Waals surface area contributed by atoms with Gasteiger partial charge in [-0.05, 0) is 43.0 Å². The van der Waals surface area contributed by atoms with Gasteiger partial charge in [0.2, 0.25) is 11.7 Å². The van der Waals surface area contributed by atoms with Gasteiger partial charge in [-0.25, -0.2) is 0 Å². The monoisotopic (exact) mass is 497 g/mol. The average molecular weight is 498 g/mol. The van der Waals surface area contributed by atoms with E-state index in [0.717, 1.165) is 25.7 Å². The number of phenols is 2. The van der Waals surface area contributed by atoms with Crippen LogP contribution in [-0.2, 0) is 16.0 Å². The first kappa shape index (κ1) is 24.5. The molecule has 192 valence electrons. The second-order valence-corrected chi connectivity index (χ2v) is 10.5. The van der Waals surface area contributed by atoms with Crippen molar-refractivity contribution in [1.82, 2.24) is 5.32 Å². The van der Waals surface area contributed by atoms with Crippen LogP contribution in [0.5, 0.6) is 11.5 Å². The molecule has 36 heavy (non-hydrogen) atoms. The van der Waals surface area contributed by atoms with Crippen LogP contribution in [0.4, 0.5) is 5.69 Å². The summed E-state index contributed by atoms with van der Waals surface area (Å²) in [4.78, 5) is 41.3. The minimum Gasteiger partial charge on any atom is -0.507 e. The van der Waals surface area contributed by atoms with Gasteiger partial charge < -0.3 is 36.4 Å². The highest BCUT2D eigenvalue weighted by atomic mass is 16.4. The number of rotatable bonds is 4. The van der Waals surface area contributed by atoms with E-state index in [0.29, 0.717) is 16.6 Å². The van der Waals surface area contributed by atoms with Crippen molar-refractivity contribution in [3.63, 3.8) is 0 Å². The van der Waals surface area contributed by atoms with Crippen molar-refractivity contribution < 1.29 is 34.8 Å². The number of carbonyl (C=O) groups is 3. The van der Waals surface area contributed by atoms with Crippen LogP contribution in [0.25, 0.3) is 10.8 Å². The number of aliphatic hydroxyl groups excluding tert-OH is 1. The number of aromatic hydroxyl groups is 2. The highest BCUT2D eigenvalue weighted by Crippen LogP contribution is 2.50. The van der Waals surface area contributed by atoms with Crippen LogP contribution in [0, 0.1) is 11.8 Å². The molecule has 7 N–H and O–H groups in total. The van der Waals surface area contributed by atoms with Crippen LogP contribution < -0.4 is 16.0 Å². The molecular weight excluding hydrogens is 466 g/mol. The first-order chi connectivity index (χ1) is 17.0. The van der Waals surface area contributed by atoms with E-state index in [1.54, 1.807) is 31.1 Å². The zero-order chi connectivity index (χ0) is 26.1. The molecule has 2 fully saturated rings. The topological polar surface area (TPSA) is 173 Å². The van der Waals surface area contributed by atoms with Gasteiger partial charge in [0.05, 0.1) is 17.0 Å². The van der Waals surface area contributed by atoms with E-state index < -0.39 is 52.8 Å².